The lowest BCUT2D eigenvalue weighted by molar-refractivity contribution is -0.134. The van der Waals surface area contributed by atoms with E-state index in [0.29, 0.717) is 12.1 Å². The highest BCUT2D eigenvalue weighted by Gasteiger charge is 2.62. The Morgan fingerprint density at radius 1 is 0.743 bits per heavy atom. The lowest BCUT2D eigenvalue weighted by Gasteiger charge is -2.45. The first-order chi connectivity index (χ1) is 17.1. The lowest BCUT2D eigenvalue weighted by atomic mass is 9.55. The number of imide groups is 1. The van der Waals surface area contributed by atoms with E-state index in [9.17, 15) is 14.4 Å². The molecule has 1 aliphatic heterocycles. The van der Waals surface area contributed by atoms with Crippen LogP contribution < -0.4 is 9.64 Å². The van der Waals surface area contributed by atoms with Crippen LogP contribution in [0.25, 0.3) is 0 Å². The number of rotatable bonds is 6. The highest BCUT2D eigenvalue weighted by Crippen LogP contribution is 2.61. The number of hydrogen-bond acceptors (Lipinski definition) is 4. The van der Waals surface area contributed by atoms with Gasteiger partial charge in [-0.1, -0.05) is 80.4 Å². The first kappa shape index (κ1) is 21.8. The van der Waals surface area contributed by atoms with Gasteiger partial charge < -0.3 is 4.74 Å². The summed E-state index contributed by atoms with van der Waals surface area (Å²) < 4.78 is 5.66. The molecule has 1 saturated heterocycles. The molecular weight excluding hydrogens is 438 g/mol. The molecule has 5 nitrogen and oxygen atoms in total. The monoisotopic (exact) mass is 465 g/mol. The van der Waals surface area contributed by atoms with Crippen LogP contribution in [-0.2, 0) is 14.4 Å². The summed E-state index contributed by atoms with van der Waals surface area (Å²) >= 11 is 0. The van der Waals surface area contributed by atoms with E-state index in [0.717, 1.165) is 41.5 Å². The summed E-state index contributed by atoms with van der Waals surface area (Å²) in [4.78, 5) is 41.7. The molecule has 5 heteroatoms. The van der Waals surface area contributed by atoms with Crippen molar-refractivity contribution in [2.45, 2.75) is 44.4 Å². The number of esters is 1. The van der Waals surface area contributed by atoms with Crippen LogP contribution in [0.2, 0.25) is 0 Å². The normalized spacial score (nSPS) is 23.6. The molecule has 0 radical (unpaired) electrons. The number of carbonyl (C=O) groups excluding carboxylic acids is 3. The molecule has 2 atom stereocenters. The number of anilines is 1. The third kappa shape index (κ3) is 3.25. The Morgan fingerprint density at radius 2 is 1.23 bits per heavy atom. The molecule has 0 aromatic heterocycles. The molecule has 0 N–H and O–H groups in total. The molecule has 3 aromatic carbocycles. The maximum atomic E-state index is 14.0. The van der Waals surface area contributed by atoms with E-state index in [1.165, 1.54) is 4.90 Å². The van der Waals surface area contributed by atoms with Gasteiger partial charge in [-0.3, -0.25) is 14.4 Å². The van der Waals surface area contributed by atoms with Gasteiger partial charge in [-0.05, 0) is 40.8 Å². The van der Waals surface area contributed by atoms with Gasteiger partial charge in [0.15, 0.2) is 5.75 Å². The third-order valence-electron chi connectivity index (χ3n) is 7.76. The molecule has 35 heavy (non-hydrogen) atoms. The standard InChI is InChI=1S/C30H27NO4/c1-2-3-4-17-24(32)35-23-16-10-9-15-22(23)31-29(33)27-25-18-11-5-6-12-19(18)26(28(27)30(31)34)21-14-8-7-13-20(21)25/h5-16,25-28H,2-4,17H2,1H3/t25?,26?,27-,28+. The summed E-state index contributed by atoms with van der Waals surface area (Å²) in [5.74, 6) is -1.78. The van der Waals surface area contributed by atoms with Crippen LogP contribution in [0.15, 0.2) is 72.8 Å². The van der Waals surface area contributed by atoms with Crippen molar-refractivity contribution in [3.05, 3.63) is 95.1 Å². The Morgan fingerprint density at radius 3 is 1.74 bits per heavy atom. The van der Waals surface area contributed by atoms with Crippen molar-refractivity contribution in [2.24, 2.45) is 11.8 Å². The predicted octanol–water partition coefficient (Wildman–Crippen LogP) is 5.57. The van der Waals surface area contributed by atoms with E-state index in [-0.39, 0.29) is 35.4 Å². The molecule has 176 valence electrons. The van der Waals surface area contributed by atoms with Gasteiger partial charge in [0.25, 0.3) is 0 Å². The van der Waals surface area contributed by atoms with Crippen LogP contribution in [0.3, 0.4) is 0 Å². The second-order valence-electron chi connectivity index (χ2n) is 9.68. The van der Waals surface area contributed by atoms with Crippen LogP contribution in [0.4, 0.5) is 5.69 Å². The lowest BCUT2D eigenvalue weighted by Crippen LogP contribution is -2.41. The molecule has 3 aliphatic carbocycles. The van der Waals surface area contributed by atoms with E-state index < -0.39 is 11.8 Å². The molecule has 0 spiro atoms. The van der Waals surface area contributed by atoms with Crippen LogP contribution >= 0.6 is 0 Å². The fraction of sp³-hybridized carbons (Fsp3) is 0.300. The SMILES string of the molecule is CCCCCC(=O)Oc1ccccc1N1C(=O)[C@@H]2C3c4ccccc4C(c4ccccc43)[C@@H]2C1=O. The van der Waals surface area contributed by atoms with Crippen LogP contribution in [0.1, 0.15) is 66.7 Å². The molecule has 2 amide bonds. The van der Waals surface area contributed by atoms with Crippen molar-refractivity contribution in [3.8, 4) is 5.75 Å². The number of hydrogen-bond donors (Lipinski definition) is 0. The Kier molecular flexibility index (Phi) is 5.28. The maximum absolute atomic E-state index is 14.0. The number of ether oxygens (including phenoxy) is 1. The average molecular weight is 466 g/mol. The fourth-order valence-corrected chi connectivity index (χ4v) is 6.34. The zero-order valence-electron chi connectivity index (χ0n) is 19.6. The van der Waals surface area contributed by atoms with E-state index >= 15 is 0 Å². The minimum absolute atomic E-state index is 0.164. The first-order valence-electron chi connectivity index (χ1n) is 12.5. The molecule has 1 heterocycles. The summed E-state index contributed by atoms with van der Waals surface area (Å²) in [7, 11) is 0. The highest BCUT2D eigenvalue weighted by molar-refractivity contribution is 6.24. The largest absolute Gasteiger partial charge is 0.424 e. The minimum atomic E-state index is -0.467. The van der Waals surface area contributed by atoms with E-state index in [1.807, 2.05) is 24.3 Å². The molecule has 2 bridgehead atoms. The summed E-state index contributed by atoms with van der Waals surface area (Å²) in [6.07, 6.45) is 3.02. The summed E-state index contributed by atoms with van der Waals surface area (Å²) in [5.41, 5.74) is 4.90. The number of benzene rings is 3. The zero-order chi connectivity index (χ0) is 24.1. The molecule has 3 aromatic rings. The Balaban J connectivity index is 1.40. The van der Waals surface area contributed by atoms with Crippen molar-refractivity contribution in [3.63, 3.8) is 0 Å². The van der Waals surface area contributed by atoms with Gasteiger partial charge >= 0.3 is 5.97 Å². The highest BCUT2D eigenvalue weighted by atomic mass is 16.5. The maximum Gasteiger partial charge on any atom is 0.311 e. The van der Waals surface area contributed by atoms with Gasteiger partial charge in [0.05, 0.1) is 17.5 Å². The van der Waals surface area contributed by atoms with Gasteiger partial charge in [0, 0.05) is 18.3 Å². The molecule has 0 saturated carbocycles. The zero-order valence-corrected chi connectivity index (χ0v) is 19.6. The van der Waals surface area contributed by atoms with Crippen LogP contribution in [0.5, 0.6) is 5.75 Å². The number of nitrogens with zero attached hydrogens (tertiary/aromatic N) is 1. The Hall–Kier alpha value is -3.73. The summed E-state index contributed by atoms with van der Waals surface area (Å²) in [5, 5.41) is 0. The number of unbranched alkanes of at least 4 members (excludes halogenated alkanes) is 2. The van der Waals surface area contributed by atoms with Crippen molar-refractivity contribution in [1.29, 1.82) is 0 Å². The van der Waals surface area contributed by atoms with Crippen LogP contribution in [0, 0.1) is 11.8 Å². The summed E-state index contributed by atoms with van der Waals surface area (Å²) in [6, 6.07) is 23.3. The molecule has 7 rings (SSSR count). The Bertz CT molecular complexity index is 1230. The second kappa shape index (κ2) is 8.49. The second-order valence-corrected chi connectivity index (χ2v) is 9.68. The number of para-hydroxylation sites is 2. The van der Waals surface area contributed by atoms with Gasteiger partial charge in [0.2, 0.25) is 11.8 Å². The number of carbonyl (C=O) groups is 3. The predicted molar refractivity (Wildman–Crippen MR) is 132 cm³/mol. The van der Waals surface area contributed by atoms with Crippen molar-refractivity contribution in [2.75, 3.05) is 4.90 Å². The Labute approximate surface area is 204 Å². The minimum Gasteiger partial charge on any atom is -0.424 e. The van der Waals surface area contributed by atoms with Crippen molar-refractivity contribution >= 4 is 23.5 Å². The summed E-state index contributed by atoms with van der Waals surface area (Å²) in [6.45, 7) is 2.08. The van der Waals surface area contributed by atoms with Gasteiger partial charge in [-0.15, -0.1) is 0 Å². The van der Waals surface area contributed by atoms with Gasteiger partial charge in [0.1, 0.15) is 0 Å². The average Bonchev–Trinajstić information content (AvgIpc) is 3.15. The van der Waals surface area contributed by atoms with E-state index in [4.69, 9.17) is 4.74 Å². The third-order valence-corrected chi connectivity index (χ3v) is 7.76. The fourth-order valence-electron chi connectivity index (χ4n) is 6.34. The molecular formula is C30H27NO4. The van der Waals surface area contributed by atoms with Crippen molar-refractivity contribution < 1.29 is 19.1 Å². The first-order valence-corrected chi connectivity index (χ1v) is 12.5. The van der Waals surface area contributed by atoms with Gasteiger partial charge in [-0.2, -0.15) is 0 Å². The molecule has 4 aliphatic rings. The quantitative estimate of drug-likeness (QED) is 0.207. The van der Waals surface area contributed by atoms with Gasteiger partial charge in [-0.25, -0.2) is 4.90 Å². The number of amides is 2. The molecule has 0 unspecified atom stereocenters. The van der Waals surface area contributed by atoms with E-state index in [2.05, 4.69) is 31.2 Å². The van der Waals surface area contributed by atoms with E-state index in [1.54, 1.807) is 24.3 Å². The van der Waals surface area contributed by atoms with Crippen molar-refractivity contribution in [1.82, 2.24) is 0 Å². The smallest absolute Gasteiger partial charge is 0.311 e. The topological polar surface area (TPSA) is 63.7 Å². The van der Waals surface area contributed by atoms with Crippen LogP contribution in [-0.4, -0.2) is 17.8 Å². The molecule has 1 fully saturated rings.